The number of fused-ring (bicyclic) bond motifs is 3. The molecule has 1 N–H and O–H groups in total. The van der Waals surface area contributed by atoms with Crippen LogP contribution in [-0.2, 0) is 4.79 Å². The quantitative estimate of drug-likeness (QED) is 0.779. The molecule has 1 atom stereocenters. The highest BCUT2D eigenvalue weighted by molar-refractivity contribution is 6.14. The van der Waals surface area contributed by atoms with Gasteiger partial charge in [0.15, 0.2) is 11.3 Å². The summed E-state index contributed by atoms with van der Waals surface area (Å²) in [6.45, 7) is 0. The summed E-state index contributed by atoms with van der Waals surface area (Å²) in [7, 11) is 1.48. The third-order valence-corrected chi connectivity index (χ3v) is 5.67. The van der Waals surface area contributed by atoms with Crippen LogP contribution in [0.2, 0.25) is 0 Å². The smallest absolute Gasteiger partial charge is 0.349 e. The lowest BCUT2D eigenvalue weighted by atomic mass is 9.85. The first-order valence-electron chi connectivity index (χ1n) is 9.72. The van der Waals surface area contributed by atoms with Gasteiger partial charge in [-0.05, 0) is 49.1 Å². The van der Waals surface area contributed by atoms with Gasteiger partial charge in [-0.2, -0.15) is 0 Å². The Morgan fingerprint density at radius 2 is 2.13 bits per heavy atom. The van der Waals surface area contributed by atoms with E-state index in [1.807, 2.05) is 6.08 Å². The van der Waals surface area contributed by atoms with Crippen LogP contribution < -0.4 is 15.7 Å². The molecule has 0 saturated heterocycles. The molecule has 2 heterocycles. The van der Waals surface area contributed by atoms with Crippen molar-refractivity contribution >= 4 is 28.5 Å². The molecular weight excluding hydrogens is 384 g/mol. The summed E-state index contributed by atoms with van der Waals surface area (Å²) in [6.07, 6.45) is 8.07. The fraction of sp³-hybridized carbons (Fsp3) is 0.217. The van der Waals surface area contributed by atoms with E-state index in [-0.39, 0.29) is 23.0 Å². The van der Waals surface area contributed by atoms with E-state index in [0.29, 0.717) is 22.5 Å². The Kier molecular flexibility index (Phi) is 4.24. The molecule has 7 nitrogen and oxygen atoms in total. The summed E-state index contributed by atoms with van der Waals surface area (Å²) >= 11 is 0. The molecule has 30 heavy (non-hydrogen) atoms. The number of aliphatic imine (C=N–C) groups is 1. The lowest BCUT2D eigenvalue weighted by Crippen LogP contribution is -2.35. The molecule has 1 aromatic carbocycles. The predicted octanol–water partition coefficient (Wildman–Crippen LogP) is 3.06. The number of hydrogen-bond acceptors (Lipinski definition) is 5. The maximum atomic E-state index is 12.7. The summed E-state index contributed by atoms with van der Waals surface area (Å²) in [5.41, 5.74) is 2.45. The van der Waals surface area contributed by atoms with Crippen LogP contribution in [0.15, 0.2) is 73.5 Å². The normalized spacial score (nSPS) is 21.4. The summed E-state index contributed by atoms with van der Waals surface area (Å²) < 4.78 is 10.5. The van der Waals surface area contributed by atoms with Gasteiger partial charge in [-0.3, -0.25) is 9.59 Å². The van der Waals surface area contributed by atoms with Crippen LogP contribution in [0, 0.1) is 5.92 Å². The van der Waals surface area contributed by atoms with Crippen LogP contribution in [-0.4, -0.2) is 24.6 Å². The Labute approximate surface area is 171 Å². The number of rotatable bonds is 2. The Balaban J connectivity index is 1.49. The number of carbonyl (C=O) groups is 2. The standard InChI is InChI=1S/C23H18N2O5/c1-29-19-7-2-4-12-10-17(23(28)30-20(12)19)22(27)24-13-8-9-15-14-5-3-6-16(14)21(26)25-18(15)11-13/h2,4,7-11,15H,3,5-6H2,1H3,(H,25,26). The molecule has 7 heteroatoms. The second-order valence-electron chi connectivity index (χ2n) is 7.42. The highest BCUT2D eigenvalue weighted by Crippen LogP contribution is 2.39. The number of allylic oxidation sites excluding steroid dienone is 3. The molecule has 0 radical (unpaired) electrons. The molecular formula is C23H18N2O5. The van der Waals surface area contributed by atoms with Gasteiger partial charge in [0.2, 0.25) is 0 Å². The first-order chi connectivity index (χ1) is 14.5. The number of ether oxygens (including phenoxy) is 1. The van der Waals surface area contributed by atoms with Gasteiger partial charge in [-0.25, -0.2) is 9.79 Å². The Morgan fingerprint density at radius 3 is 2.97 bits per heavy atom. The number of para-hydroxylation sites is 1. The van der Waals surface area contributed by atoms with Crippen molar-refractivity contribution in [1.82, 2.24) is 5.32 Å². The number of benzene rings is 1. The minimum atomic E-state index is -0.779. The zero-order valence-corrected chi connectivity index (χ0v) is 16.2. The molecule has 2 aromatic rings. The maximum Gasteiger partial charge on any atom is 0.349 e. The number of amides is 2. The Bertz CT molecular complexity index is 1290. The third kappa shape index (κ3) is 2.90. The van der Waals surface area contributed by atoms with Crippen LogP contribution in [0.4, 0.5) is 0 Å². The zero-order chi connectivity index (χ0) is 20.8. The maximum absolute atomic E-state index is 12.7. The lowest BCUT2D eigenvalue weighted by Gasteiger charge is -2.28. The topological polar surface area (TPSA) is 98.0 Å². The van der Waals surface area contributed by atoms with Crippen molar-refractivity contribution in [2.75, 3.05) is 7.11 Å². The van der Waals surface area contributed by atoms with Crippen molar-refractivity contribution in [3.63, 3.8) is 0 Å². The Hall–Kier alpha value is -3.74. The molecule has 1 unspecified atom stereocenters. The van der Waals surface area contributed by atoms with E-state index in [1.165, 1.54) is 13.2 Å². The minimum Gasteiger partial charge on any atom is -0.493 e. The number of nitrogens with one attached hydrogen (secondary N) is 1. The summed E-state index contributed by atoms with van der Waals surface area (Å²) in [4.78, 5) is 41.4. The molecule has 5 rings (SSSR count). The van der Waals surface area contributed by atoms with Crippen LogP contribution in [0.3, 0.4) is 0 Å². The zero-order valence-electron chi connectivity index (χ0n) is 16.2. The van der Waals surface area contributed by atoms with Gasteiger partial charge in [0.1, 0.15) is 5.56 Å². The van der Waals surface area contributed by atoms with Gasteiger partial charge in [0, 0.05) is 22.6 Å². The van der Waals surface area contributed by atoms with E-state index < -0.39 is 11.5 Å². The highest BCUT2D eigenvalue weighted by Gasteiger charge is 2.34. The second kappa shape index (κ2) is 6.95. The third-order valence-electron chi connectivity index (χ3n) is 5.67. The largest absolute Gasteiger partial charge is 0.493 e. The molecule has 0 fully saturated rings. The van der Waals surface area contributed by atoms with Crippen molar-refractivity contribution < 1.29 is 18.7 Å². The number of hydrogen-bond donors (Lipinski definition) is 1. The molecule has 2 amide bonds. The van der Waals surface area contributed by atoms with Crippen molar-refractivity contribution in [1.29, 1.82) is 0 Å². The summed E-state index contributed by atoms with van der Waals surface area (Å²) in [5, 5.41) is 3.47. The van der Waals surface area contributed by atoms with Crippen molar-refractivity contribution in [2.45, 2.75) is 19.3 Å². The average molecular weight is 402 g/mol. The van der Waals surface area contributed by atoms with Crippen LogP contribution in [0.1, 0.15) is 29.6 Å². The van der Waals surface area contributed by atoms with Crippen molar-refractivity contribution in [3.05, 3.63) is 75.3 Å². The van der Waals surface area contributed by atoms with E-state index >= 15 is 0 Å². The summed E-state index contributed by atoms with van der Waals surface area (Å²) in [6, 6.07) is 6.60. The van der Waals surface area contributed by atoms with Crippen LogP contribution >= 0.6 is 0 Å². The SMILES string of the molecule is COc1cccc2cc(C(=O)N=C3C=CC4C(=C3)NC(=O)C3=C4CCC3)c(=O)oc12. The fourth-order valence-electron chi connectivity index (χ4n) is 4.26. The summed E-state index contributed by atoms with van der Waals surface area (Å²) in [5.74, 6) is -0.344. The van der Waals surface area contributed by atoms with Gasteiger partial charge in [0.05, 0.1) is 12.8 Å². The first kappa shape index (κ1) is 18.3. The molecule has 2 aliphatic carbocycles. The predicted molar refractivity (Wildman–Crippen MR) is 111 cm³/mol. The lowest BCUT2D eigenvalue weighted by molar-refractivity contribution is -0.117. The number of nitrogens with zero attached hydrogens (tertiary/aromatic N) is 1. The fourth-order valence-corrected chi connectivity index (χ4v) is 4.26. The average Bonchev–Trinajstić information content (AvgIpc) is 3.23. The van der Waals surface area contributed by atoms with E-state index in [2.05, 4.69) is 10.3 Å². The van der Waals surface area contributed by atoms with Gasteiger partial charge >= 0.3 is 5.63 Å². The van der Waals surface area contributed by atoms with E-state index in [9.17, 15) is 14.4 Å². The van der Waals surface area contributed by atoms with Gasteiger partial charge in [0.25, 0.3) is 11.8 Å². The van der Waals surface area contributed by atoms with Crippen molar-refractivity contribution in [2.24, 2.45) is 10.9 Å². The highest BCUT2D eigenvalue weighted by atomic mass is 16.5. The van der Waals surface area contributed by atoms with E-state index in [0.717, 1.165) is 30.4 Å². The van der Waals surface area contributed by atoms with Gasteiger partial charge < -0.3 is 14.5 Å². The molecule has 1 aromatic heterocycles. The van der Waals surface area contributed by atoms with Crippen molar-refractivity contribution in [3.8, 4) is 5.75 Å². The molecule has 0 saturated carbocycles. The van der Waals surface area contributed by atoms with E-state index in [1.54, 1.807) is 30.4 Å². The van der Waals surface area contributed by atoms with Crippen LogP contribution in [0.5, 0.6) is 5.75 Å². The van der Waals surface area contributed by atoms with E-state index in [4.69, 9.17) is 9.15 Å². The van der Waals surface area contributed by atoms with Gasteiger partial charge in [-0.1, -0.05) is 18.2 Å². The molecule has 0 bridgehead atoms. The molecule has 0 spiro atoms. The molecule has 3 aliphatic rings. The number of methoxy groups -OCH3 is 1. The monoisotopic (exact) mass is 402 g/mol. The Morgan fingerprint density at radius 1 is 1.27 bits per heavy atom. The van der Waals surface area contributed by atoms with Crippen LogP contribution in [0.25, 0.3) is 11.0 Å². The molecule has 150 valence electrons. The molecule has 1 aliphatic heterocycles. The van der Waals surface area contributed by atoms with Gasteiger partial charge in [-0.15, -0.1) is 0 Å². The minimum absolute atomic E-state index is 0.0208. The first-order valence-corrected chi connectivity index (χ1v) is 9.72. The number of carbonyl (C=O) groups excluding carboxylic acids is 2. The second-order valence-corrected chi connectivity index (χ2v) is 7.42.